The first-order chi connectivity index (χ1) is 11.1. The predicted molar refractivity (Wildman–Crippen MR) is 86.6 cm³/mol. The molecule has 2 aromatic rings. The highest BCUT2D eigenvalue weighted by atomic mass is 32.1. The van der Waals surface area contributed by atoms with Crippen LogP contribution >= 0.6 is 11.3 Å². The van der Waals surface area contributed by atoms with E-state index in [4.69, 9.17) is 4.74 Å². The van der Waals surface area contributed by atoms with Crippen molar-refractivity contribution in [3.8, 4) is 0 Å². The molecule has 6 heteroatoms. The van der Waals surface area contributed by atoms with Gasteiger partial charge in [0.1, 0.15) is 0 Å². The summed E-state index contributed by atoms with van der Waals surface area (Å²) in [5.41, 5.74) is 2.49. The topological polar surface area (TPSA) is 66.8 Å². The van der Waals surface area contributed by atoms with E-state index < -0.39 is 12.0 Å². The number of benzene rings is 1. The van der Waals surface area contributed by atoms with E-state index in [0.29, 0.717) is 30.0 Å². The highest BCUT2D eigenvalue weighted by Crippen LogP contribution is 2.32. The molecule has 1 atom stereocenters. The Morgan fingerprint density at radius 3 is 2.87 bits per heavy atom. The van der Waals surface area contributed by atoms with Gasteiger partial charge in [0.05, 0.1) is 11.5 Å². The van der Waals surface area contributed by atoms with Gasteiger partial charge in [-0.15, -0.1) is 11.3 Å². The Kier molecular flexibility index (Phi) is 4.45. The molecular weight excluding hydrogens is 314 g/mol. The molecule has 1 aromatic carbocycles. The maximum Gasteiger partial charge on any atom is 0.331 e. The first-order valence-corrected chi connectivity index (χ1v) is 8.18. The summed E-state index contributed by atoms with van der Waals surface area (Å²) >= 11 is 1.32. The number of rotatable bonds is 4. The van der Waals surface area contributed by atoms with Gasteiger partial charge in [-0.25, -0.2) is 4.79 Å². The minimum absolute atomic E-state index is 0.242. The number of carboxylic acids is 1. The summed E-state index contributed by atoms with van der Waals surface area (Å²) in [5.74, 6) is -1.25. The van der Waals surface area contributed by atoms with Crippen LogP contribution in [0.2, 0.25) is 0 Å². The first kappa shape index (κ1) is 15.7. The van der Waals surface area contributed by atoms with E-state index in [0.717, 1.165) is 11.1 Å². The van der Waals surface area contributed by atoms with Gasteiger partial charge in [0.2, 0.25) is 0 Å². The van der Waals surface area contributed by atoms with Crippen LogP contribution in [0.3, 0.4) is 0 Å². The van der Waals surface area contributed by atoms with Crippen LogP contribution in [-0.2, 0) is 22.6 Å². The Bertz CT molecular complexity index is 740. The van der Waals surface area contributed by atoms with Crippen molar-refractivity contribution < 1.29 is 19.4 Å². The Labute approximate surface area is 138 Å². The Morgan fingerprint density at radius 1 is 1.35 bits per heavy atom. The number of hydrogen-bond acceptors (Lipinski definition) is 4. The molecule has 1 aliphatic heterocycles. The summed E-state index contributed by atoms with van der Waals surface area (Å²) in [4.78, 5) is 26.7. The summed E-state index contributed by atoms with van der Waals surface area (Å²) in [5, 5.41) is 11.5. The molecule has 120 valence electrons. The van der Waals surface area contributed by atoms with Gasteiger partial charge in [0.25, 0.3) is 5.91 Å². The summed E-state index contributed by atoms with van der Waals surface area (Å²) < 4.78 is 5.11. The maximum atomic E-state index is 12.9. The van der Waals surface area contributed by atoms with Crippen LogP contribution < -0.4 is 0 Å². The molecule has 0 fully saturated rings. The van der Waals surface area contributed by atoms with Gasteiger partial charge in [-0.3, -0.25) is 4.79 Å². The number of hydrogen-bond donors (Lipinski definition) is 1. The zero-order valence-corrected chi connectivity index (χ0v) is 13.5. The molecule has 3 rings (SSSR count). The standard InChI is InChI=1S/C17H17NO4S/c1-22-10-12-7-9-23-15(12)16(19)18-8-6-11-4-2-3-5-13(11)14(18)17(20)21/h2-5,7,9,14H,6,8,10H2,1H3,(H,20,21). The molecule has 5 nitrogen and oxygen atoms in total. The minimum atomic E-state index is -1.00. The predicted octanol–water partition coefficient (Wildman–Crippen LogP) is 2.72. The van der Waals surface area contributed by atoms with Gasteiger partial charge in [-0.1, -0.05) is 24.3 Å². The molecule has 0 saturated carbocycles. The molecule has 1 N–H and O–H groups in total. The van der Waals surface area contributed by atoms with Gasteiger partial charge in [0.15, 0.2) is 6.04 Å². The fraction of sp³-hybridized carbons (Fsp3) is 0.294. The SMILES string of the molecule is COCc1ccsc1C(=O)N1CCc2ccccc2C1C(=O)O. The smallest absolute Gasteiger partial charge is 0.331 e. The molecule has 2 heterocycles. The number of ether oxygens (including phenoxy) is 1. The van der Waals surface area contributed by atoms with E-state index >= 15 is 0 Å². The van der Waals surface area contributed by atoms with Gasteiger partial charge in [0, 0.05) is 19.2 Å². The second kappa shape index (κ2) is 6.52. The molecule has 0 spiro atoms. The number of carbonyl (C=O) groups is 2. The lowest BCUT2D eigenvalue weighted by atomic mass is 9.92. The molecule has 0 radical (unpaired) electrons. The number of carbonyl (C=O) groups excluding carboxylic acids is 1. The zero-order valence-electron chi connectivity index (χ0n) is 12.7. The average molecular weight is 331 g/mol. The second-order valence-electron chi connectivity index (χ2n) is 5.40. The van der Waals surface area contributed by atoms with Gasteiger partial charge in [-0.05, 0) is 29.0 Å². The van der Waals surface area contributed by atoms with Crippen molar-refractivity contribution in [3.63, 3.8) is 0 Å². The molecule has 23 heavy (non-hydrogen) atoms. The quantitative estimate of drug-likeness (QED) is 0.935. The summed E-state index contributed by atoms with van der Waals surface area (Å²) in [6, 6.07) is 8.32. The van der Waals surface area contributed by atoms with E-state index in [1.165, 1.54) is 16.2 Å². The van der Waals surface area contributed by atoms with Crippen LogP contribution in [0.15, 0.2) is 35.7 Å². The van der Waals surface area contributed by atoms with Crippen molar-refractivity contribution >= 4 is 23.2 Å². The van der Waals surface area contributed by atoms with Crippen molar-refractivity contribution in [1.29, 1.82) is 0 Å². The molecule has 1 unspecified atom stereocenters. The molecule has 1 aromatic heterocycles. The van der Waals surface area contributed by atoms with Crippen LogP contribution in [0, 0.1) is 0 Å². The van der Waals surface area contributed by atoms with E-state index in [1.807, 2.05) is 29.6 Å². The Hall–Kier alpha value is -2.18. The van der Waals surface area contributed by atoms with E-state index in [1.54, 1.807) is 13.2 Å². The summed E-state index contributed by atoms with van der Waals surface area (Å²) in [6.07, 6.45) is 0.663. The summed E-state index contributed by atoms with van der Waals surface area (Å²) in [7, 11) is 1.57. The van der Waals surface area contributed by atoms with Crippen LogP contribution in [0.1, 0.15) is 32.4 Å². The van der Waals surface area contributed by atoms with Gasteiger partial charge in [-0.2, -0.15) is 0 Å². The third-order valence-corrected chi connectivity index (χ3v) is 4.96. The van der Waals surface area contributed by atoms with Crippen LogP contribution in [0.4, 0.5) is 0 Å². The number of fused-ring (bicyclic) bond motifs is 1. The molecule has 1 aliphatic rings. The second-order valence-corrected chi connectivity index (χ2v) is 6.31. The number of aliphatic carboxylic acids is 1. The molecular formula is C17H17NO4S. The number of amides is 1. The third kappa shape index (κ3) is 2.87. The highest BCUT2D eigenvalue weighted by molar-refractivity contribution is 7.12. The number of nitrogens with zero attached hydrogens (tertiary/aromatic N) is 1. The monoisotopic (exact) mass is 331 g/mol. The lowest BCUT2D eigenvalue weighted by Crippen LogP contribution is -2.43. The van der Waals surface area contributed by atoms with Crippen molar-refractivity contribution in [2.24, 2.45) is 0 Å². The van der Waals surface area contributed by atoms with Crippen molar-refractivity contribution in [3.05, 3.63) is 57.3 Å². The van der Waals surface area contributed by atoms with E-state index in [-0.39, 0.29) is 5.91 Å². The minimum Gasteiger partial charge on any atom is -0.479 e. The average Bonchev–Trinajstić information content (AvgIpc) is 3.01. The normalized spacial score (nSPS) is 16.9. The van der Waals surface area contributed by atoms with E-state index in [9.17, 15) is 14.7 Å². The zero-order chi connectivity index (χ0) is 16.4. The fourth-order valence-corrected chi connectivity index (χ4v) is 3.84. The van der Waals surface area contributed by atoms with Crippen molar-refractivity contribution in [1.82, 2.24) is 4.90 Å². The number of thiophene rings is 1. The molecule has 0 aliphatic carbocycles. The van der Waals surface area contributed by atoms with E-state index in [2.05, 4.69) is 0 Å². The Balaban J connectivity index is 1.97. The number of methoxy groups -OCH3 is 1. The Morgan fingerprint density at radius 2 is 2.13 bits per heavy atom. The molecule has 0 saturated heterocycles. The van der Waals surface area contributed by atoms with Crippen LogP contribution in [-0.4, -0.2) is 35.5 Å². The number of carboxylic acid groups (broad SMARTS) is 1. The highest BCUT2D eigenvalue weighted by Gasteiger charge is 2.37. The molecule has 1 amide bonds. The van der Waals surface area contributed by atoms with Gasteiger partial charge >= 0.3 is 5.97 Å². The third-order valence-electron chi connectivity index (χ3n) is 4.02. The maximum absolute atomic E-state index is 12.9. The van der Waals surface area contributed by atoms with Crippen LogP contribution in [0.5, 0.6) is 0 Å². The molecule has 0 bridgehead atoms. The fourth-order valence-electron chi connectivity index (χ4n) is 2.97. The summed E-state index contributed by atoms with van der Waals surface area (Å²) in [6.45, 7) is 0.740. The van der Waals surface area contributed by atoms with Gasteiger partial charge < -0.3 is 14.7 Å². The van der Waals surface area contributed by atoms with Crippen LogP contribution in [0.25, 0.3) is 0 Å². The first-order valence-electron chi connectivity index (χ1n) is 7.30. The lowest BCUT2D eigenvalue weighted by molar-refractivity contribution is -0.143. The van der Waals surface area contributed by atoms with Crippen molar-refractivity contribution in [2.45, 2.75) is 19.1 Å². The largest absolute Gasteiger partial charge is 0.479 e. The lowest BCUT2D eigenvalue weighted by Gasteiger charge is -2.34. The van der Waals surface area contributed by atoms with Crippen molar-refractivity contribution in [2.75, 3.05) is 13.7 Å².